The van der Waals surface area contributed by atoms with Crippen molar-refractivity contribution in [3.05, 3.63) is 71.8 Å². The fourth-order valence-electron chi connectivity index (χ4n) is 3.66. The second-order valence-electron chi connectivity index (χ2n) is 6.69. The summed E-state index contributed by atoms with van der Waals surface area (Å²) in [7, 11) is 0. The highest BCUT2D eigenvalue weighted by Gasteiger charge is 2.49. The maximum absolute atomic E-state index is 13.8. The predicted molar refractivity (Wildman–Crippen MR) is 90.5 cm³/mol. The molecule has 1 N–H and O–H groups in total. The second-order valence-corrected chi connectivity index (χ2v) is 6.69. The van der Waals surface area contributed by atoms with Gasteiger partial charge in [0.15, 0.2) is 0 Å². The molecule has 0 spiro atoms. The number of hydrogen-bond donors (Lipinski definition) is 1. The summed E-state index contributed by atoms with van der Waals surface area (Å²) in [6.45, 7) is 0.568. The molecule has 5 heteroatoms. The van der Waals surface area contributed by atoms with Crippen LogP contribution in [0.4, 0.5) is 8.78 Å². The Labute approximate surface area is 146 Å². The number of halogens is 2. The first-order chi connectivity index (χ1) is 12.1. The van der Waals surface area contributed by atoms with E-state index < -0.39 is 23.9 Å². The molecule has 2 atom stereocenters. The SMILES string of the molecule is FC1(F)CCNC([C@H]2COC(c3ccccc3)(c3ccccc3)O2)C1. The Morgan fingerprint density at radius 3 is 2.08 bits per heavy atom. The van der Waals surface area contributed by atoms with Gasteiger partial charge in [0.25, 0.3) is 5.92 Å². The molecule has 2 saturated heterocycles. The molecule has 2 aliphatic heterocycles. The van der Waals surface area contributed by atoms with Crippen molar-refractivity contribution < 1.29 is 18.3 Å². The third-order valence-electron chi connectivity index (χ3n) is 4.94. The van der Waals surface area contributed by atoms with Crippen molar-refractivity contribution in [2.75, 3.05) is 13.2 Å². The Balaban J connectivity index is 1.65. The average molecular weight is 345 g/mol. The number of benzene rings is 2. The van der Waals surface area contributed by atoms with Gasteiger partial charge < -0.3 is 14.8 Å². The van der Waals surface area contributed by atoms with E-state index in [4.69, 9.17) is 9.47 Å². The van der Waals surface area contributed by atoms with Crippen LogP contribution in [0.15, 0.2) is 60.7 Å². The fraction of sp³-hybridized carbons (Fsp3) is 0.400. The smallest absolute Gasteiger partial charge is 0.250 e. The van der Waals surface area contributed by atoms with Crippen LogP contribution in [0.5, 0.6) is 0 Å². The number of hydrogen-bond acceptors (Lipinski definition) is 3. The molecule has 3 nitrogen and oxygen atoms in total. The molecule has 0 saturated carbocycles. The molecule has 132 valence electrons. The quantitative estimate of drug-likeness (QED) is 0.920. The lowest BCUT2D eigenvalue weighted by Gasteiger charge is -2.34. The standard InChI is InChI=1S/C20H21F2NO2/c21-19(22)11-12-23-17(13-19)18-14-24-20(25-18,15-7-3-1-4-8-15)16-9-5-2-6-10-16/h1-10,17-18,23H,11-14H2/t17?,18-/m1/s1. The van der Waals surface area contributed by atoms with E-state index in [1.54, 1.807) is 0 Å². The third kappa shape index (κ3) is 3.19. The summed E-state index contributed by atoms with van der Waals surface area (Å²) in [5.74, 6) is -3.70. The minimum absolute atomic E-state index is 0.125. The van der Waals surface area contributed by atoms with E-state index >= 15 is 0 Å². The van der Waals surface area contributed by atoms with Crippen LogP contribution in [0.3, 0.4) is 0 Å². The number of piperidine rings is 1. The molecule has 2 aromatic carbocycles. The van der Waals surface area contributed by atoms with E-state index in [0.29, 0.717) is 6.54 Å². The van der Waals surface area contributed by atoms with E-state index in [9.17, 15) is 8.78 Å². The fourth-order valence-corrected chi connectivity index (χ4v) is 3.66. The van der Waals surface area contributed by atoms with Crippen LogP contribution in [0.2, 0.25) is 0 Å². The second kappa shape index (κ2) is 6.48. The topological polar surface area (TPSA) is 30.5 Å². The first-order valence-corrected chi connectivity index (χ1v) is 8.63. The van der Waals surface area contributed by atoms with Gasteiger partial charge in [0.05, 0.1) is 6.61 Å². The summed E-state index contributed by atoms with van der Waals surface area (Å²) < 4.78 is 40.1. The van der Waals surface area contributed by atoms with Crippen molar-refractivity contribution in [3.8, 4) is 0 Å². The van der Waals surface area contributed by atoms with Crippen LogP contribution < -0.4 is 5.32 Å². The molecule has 2 aromatic rings. The molecule has 0 aromatic heterocycles. The lowest BCUT2D eigenvalue weighted by molar-refractivity contribution is -0.152. The van der Waals surface area contributed by atoms with Crippen LogP contribution in [0.1, 0.15) is 24.0 Å². The van der Waals surface area contributed by atoms with Crippen molar-refractivity contribution >= 4 is 0 Å². The third-order valence-corrected chi connectivity index (χ3v) is 4.94. The highest BCUT2D eigenvalue weighted by molar-refractivity contribution is 5.34. The first kappa shape index (κ1) is 16.6. The maximum Gasteiger partial charge on any atom is 0.250 e. The molecule has 0 bridgehead atoms. The van der Waals surface area contributed by atoms with E-state index in [1.807, 2.05) is 60.7 Å². The van der Waals surface area contributed by atoms with Gasteiger partial charge in [0.1, 0.15) is 6.10 Å². The van der Waals surface area contributed by atoms with Crippen LogP contribution in [-0.2, 0) is 15.3 Å². The number of ether oxygens (including phenoxy) is 2. The van der Waals surface area contributed by atoms with Gasteiger partial charge in [-0.2, -0.15) is 0 Å². The van der Waals surface area contributed by atoms with Crippen LogP contribution in [0.25, 0.3) is 0 Å². The summed E-state index contributed by atoms with van der Waals surface area (Å²) in [5, 5.41) is 3.17. The summed E-state index contributed by atoms with van der Waals surface area (Å²) in [6, 6.07) is 18.9. The zero-order valence-electron chi connectivity index (χ0n) is 13.8. The zero-order chi connectivity index (χ0) is 17.3. The Hall–Kier alpha value is -1.82. The average Bonchev–Trinajstić information content (AvgIpc) is 3.09. The Bertz CT molecular complexity index is 669. The summed E-state index contributed by atoms with van der Waals surface area (Å²) in [4.78, 5) is 0. The van der Waals surface area contributed by atoms with Crippen molar-refractivity contribution in [2.45, 2.75) is 36.7 Å². The molecule has 2 aliphatic rings. The number of rotatable bonds is 3. The molecule has 0 amide bonds. The minimum Gasteiger partial charge on any atom is -0.339 e. The van der Waals surface area contributed by atoms with Crippen molar-refractivity contribution in [2.24, 2.45) is 0 Å². The number of nitrogens with one attached hydrogen (secondary N) is 1. The van der Waals surface area contributed by atoms with Gasteiger partial charge in [-0.3, -0.25) is 0 Å². The maximum atomic E-state index is 13.8. The first-order valence-electron chi connectivity index (χ1n) is 8.63. The lowest BCUT2D eigenvalue weighted by Crippen LogP contribution is -2.51. The summed E-state index contributed by atoms with van der Waals surface area (Å²) >= 11 is 0. The largest absolute Gasteiger partial charge is 0.339 e. The molecule has 0 radical (unpaired) electrons. The van der Waals surface area contributed by atoms with Gasteiger partial charge >= 0.3 is 0 Å². The van der Waals surface area contributed by atoms with Crippen LogP contribution in [-0.4, -0.2) is 31.2 Å². The normalized spacial score (nSPS) is 27.9. The van der Waals surface area contributed by atoms with E-state index in [1.165, 1.54) is 0 Å². The Kier molecular flexibility index (Phi) is 4.31. The van der Waals surface area contributed by atoms with Gasteiger partial charge in [-0.25, -0.2) is 8.78 Å². The molecule has 25 heavy (non-hydrogen) atoms. The van der Waals surface area contributed by atoms with Gasteiger partial charge in [-0.05, 0) is 0 Å². The molecule has 2 fully saturated rings. The molecule has 0 aliphatic carbocycles. The molecular formula is C20H21F2NO2. The predicted octanol–water partition coefficient (Wildman–Crippen LogP) is 3.69. The molecule has 4 rings (SSSR count). The van der Waals surface area contributed by atoms with E-state index in [-0.39, 0.29) is 19.4 Å². The van der Waals surface area contributed by atoms with Gasteiger partial charge in [-0.1, -0.05) is 60.7 Å². The lowest BCUT2D eigenvalue weighted by atomic mass is 9.96. The van der Waals surface area contributed by atoms with E-state index in [2.05, 4.69) is 5.32 Å². The number of alkyl halides is 2. The summed E-state index contributed by atoms with van der Waals surface area (Å²) in [5.41, 5.74) is 1.73. The molecule has 1 unspecified atom stereocenters. The molecule has 2 heterocycles. The highest BCUT2D eigenvalue weighted by atomic mass is 19.3. The monoisotopic (exact) mass is 345 g/mol. The highest BCUT2D eigenvalue weighted by Crippen LogP contribution is 2.42. The van der Waals surface area contributed by atoms with Crippen LogP contribution >= 0.6 is 0 Å². The van der Waals surface area contributed by atoms with Crippen LogP contribution in [0, 0.1) is 0 Å². The Morgan fingerprint density at radius 1 is 0.920 bits per heavy atom. The minimum atomic E-state index is -2.65. The van der Waals surface area contributed by atoms with Crippen molar-refractivity contribution in [1.82, 2.24) is 5.32 Å². The zero-order valence-corrected chi connectivity index (χ0v) is 13.8. The summed E-state index contributed by atoms with van der Waals surface area (Å²) in [6.07, 6.45) is -0.771. The molecular weight excluding hydrogens is 324 g/mol. The van der Waals surface area contributed by atoms with E-state index in [0.717, 1.165) is 11.1 Å². The van der Waals surface area contributed by atoms with Gasteiger partial charge in [-0.15, -0.1) is 0 Å². The Morgan fingerprint density at radius 2 is 1.52 bits per heavy atom. The van der Waals surface area contributed by atoms with Crippen molar-refractivity contribution in [3.63, 3.8) is 0 Å². The van der Waals surface area contributed by atoms with Gasteiger partial charge in [0, 0.05) is 36.6 Å². The van der Waals surface area contributed by atoms with Crippen molar-refractivity contribution in [1.29, 1.82) is 0 Å². The van der Waals surface area contributed by atoms with Gasteiger partial charge in [0.2, 0.25) is 5.79 Å².